The molecule has 0 aromatic rings. The van der Waals surface area contributed by atoms with Crippen molar-refractivity contribution in [3.8, 4) is 0 Å². The van der Waals surface area contributed by atoms with Gasteiger partial charge in [-0.05, 0) is 38.5 Å². The molecule has 3 heteroatoms. The van der Waals surface area contributed by atoms with Crippen molar-refractivity contribution >= 4 is 11.8 Å². The van der Waals surface area contributed by atoms with Crippen molar-refractivity contribution in [1.82, 2.24) is 4.90 Å². The lowest BCUT2D eigenvalue weighted by Crippen LogP contribution is -2.58. The SMILES string of the molecule is CCC(CSC)N(C)C1(CN)CCCC(C)C1. The fourth-order valence-electron chi connectivity index (χ4n) is 3.37. The van der Waals surface area contributed by atoms with Crippen LogP contribution in [0.25, 0.3) is 0 Å². The lowest BCUT2D eigenvalue weighted by atomic mass is 9.75. The first kappa shape index (κ1) is 15.3. The first-order valence-corrected chi connectivity index (χ1v) is 8.41. The van der Waals surface area contributed by atoms with Crippen LogP contribution in [-0.4, -0.2) is 42.1 Å². The highest BCUT2D eigenvalue weighted by molar-refractivity contribution is 7.98. The lowest BCUT2D eigenvalue weighted by molar-refractivity contribution is 0.0329. The Morgan fingerprint density at radius 2 is 2.24 bits per heavy atom. The Kier molecular flexibility index (Phi) is 6.32. The molecule has 0 spiro atoms. The predicted octanol–water partition coefficient (Wildman–Crippen LogP) is 2.97. The minimum absolute atomic E-state index is 0.272. The Balaban J connectivity index is 2.76. The van der Waals surface area contributed by atoms with E-state index in [4.69, 9.17) is 5.73 Å². The molecule has 1 saturated carbocycles. The van der Waals surface area contributed by atoms with Crippen LogP contribution in [0.3, 0.4) is 0 Å². The molecule has 0 bridgehead atoms. The Morgan fingerprint density at radius 3 is 2.71 bits per heavy atom. The third-order valence-corrected chi connectivity index (χ3v) is 5.29. The first-order chi connectivity index (χ1) is 8.09. The quantitative estimate of drug-likeness (QED) is 0.794. The van der Waals surface area contributed by atoms with Gasteiger partial charge in [0.15, 0.2) is 0 Å². The Labute approximate surface area is 112 Å². The van der Waals surface area contributed by atoms with Gasteiger partial charge in [-0.1, -0.05) is 26.7 Å². The van der Waals surface area contributed by atoms with Crippen molar-refractivity contribution in [2.75, 3.05) is 25.6 Å². The number of nitrogens with two attached hydrogens (primary N) is 1. The average molecular weight is 258 g/mol. The molecular weight excluding hydrogens is 228 g/mol. The van der Waals surface area contributed by atoms with Crippen LogP contribution in [0.1, 0.15) is 46.0 Å². The summed E-state index contributed by atoms with van der Waals surface area (Å²) in [6, 6.07) is 0.679. The zero-order chi connectivity index (χ0) is 12.9. The zero-order valence-electron chi connectivity index (χ0n) is 12.0. The van der Waals surface area contributed by atoms with E-state index in [1.807, 2.05) is 11.8 Å². The van der Waals surface area contributed by atoms with Crippen LogP contribution in [0.5, 0.6) is 0 Å². The normalized spacial score (nSPS) is 31.8. The molecule has 1 aliphatic rings. The average Bonchev–Trinajstić information content (AvgIpc) is 2.35. The summed E-state index contributed by atoms with van der Waals surface area (Å²) in [6.45, 7) is 5.50. The van der Waals surface area contributed by atoms with Crippen molar-refractivity contribution in [3.05, 3.63) is 0 Å². The maximum absolute atomic E-state index is 6.14. The van der Waals surface area contributed by atoms with Crippen molar-refractivity contribution in [3.63, 3.8) is 0 Å². The number of nitrogens with zero attached hydrogens (tertiary/aromatic N) is 1. The second-order valence-electron chi connectivity index (χ2n) is 5.76. The number of thioether (sulfide) groups is 1. The highest BCUT2D eigenvalue weighted by Crippen LogP contribution is 2.37. The summed E-state index contributed by atoms with van der Waals surface area (Å²) in [5, 5.41) is 0. The van der Waals surface area contributed by atoms with Crippen LogP contribution in [0.2, 0.25) is 0 Å². The van der Waals surface area contributed by atoms with Crippen LogP contribution < -0.4 is 5.73 Å². The van der Waals surface area contributed by atoms with Gasteiger partial charge in [0.25, 0.3) is 0 Å². The summed E-state index contributed by atoms with van der Waals surface area (Å²) < 4.78 is 0. The second kappa shape index (κ2) is 7.01. The topological polar surface area (TPSA) is 29.3 Å². The number of hydrogen-bond acceptors (Lipinski definition) is 3. The number of likely N-dealkylation sites (N-methyl/N-ethyl adjacent to an activating group) is 1. The van der Waals surface area contributed by atoms with Crippen LogP contribution in [0.4, 0.5) is 0 Å². The molecule has 102 valence electrons. The molecule has 0 aromatic heterocycles. The van der Waals surface area contributed by atoms with Crippen molar-refractivity contribution in [2.45, 2.75) is 57.5 Å². The summed E-state index contributed by atoms with van der Waals surface area (Å²) in [6.07, 6.45) is 8.73. The van der Waals surface area contributed by atoms with Gasteiger partial charge in [-0.15, -0.1) is 0 Å². The molecule has 1 fully saturated rings. The van der Waals surface area contributed by atoms with Crippen molar-refractivity contribution in [2.24, 2.45) is 11.7 Å². The largest absolute Gasteiger partial charge is 0.329 e. The molecule has 1 aliphatic carbocycles. The van der Waals surface area contributed by atoms with Gasteiger partial charge in [0.2, 0.25) is 0 Å². The van der Waals surface area contributed by atoms with Crippen molar-refractivity contribution in [1.29, 1.82) is 0 Å². The molecule has 0 radical (unpaired) electrons. The van der Waals surface area contributed by atoms with Crippen LogP contribution in [0, 0.1) is 5.92 Å². The second-order valence-corrected chi connectivity index (χ2v) is 6.67. The summed E-state index contributed by atoms with van der Waals surface area (Å²) in [5.41, 5.74) is 6.41. The van der Waals surface area contributed by atoms with E-state index in [9.17, 15) is 0 Å². The minimum Gasteiger partial charge on any atom is -0.329 e. The molecule has 2 N–H and O–H groups in total. The summed E-state index contributed by atoms with van der Waals surface area (Å²) in [5.74, 6) is 2.06. The van der Waals surface area contributed by atoms with Gasteiger partial charge in [-0.2, -0.15) is 11.8 Å². The smallest absolute Gasteiger partial charge is 0.0334 e. The van der Waals surface area contributed by atoms with E-state index >= 15 is 0 Å². The minimum atomic E-state index is 0.272. The zero-order valence-corrected chi connectivity index (χ0v) is 12.9. The van der Waals surface area contributed by atoms with Gasteiger partial charge in [0.05, 0.1) is 0 Å². The van der Waals surface area contributed by atoms with Gasteiger partial charge in [0.1, 0.15) is 0 Å². The third kappa shape index (κ3) is 3.62. The van der Waals surface area contributed by atoms with E-state index in [1.54, 1.807) is 0 Å². The van der Waals surface area contributed by atoms with E-state index in [1.165, 1.54) is 37.9 Å². The molecule has 0 saturated heterocycles. The van der Waals surface area contributed by atoms with Gasteiger partial charge in [-0.3, -0.25) is 4.90 Å². The van der Waals surface area contributed by atoms with E-state index in [2.05, 4.69) is 32.1 Å². The van der Waals surface area contributed by atoms with E-state index < -0.39 is 0 Å². The predicted molar refractivity (Wildman–Crippen MR) is 79.6 cm³/mol. The molecule has 3 atom stereocenters. The number of hydrogen-bond donors (Lipinski definition) is 1. The van der Waals surface area contributed by atoms with Gasteiger partial charge >= 0.3 is 0 Å². The highest BCUT2D eigenvalue weighted by Gasteiger charge is 2.39. The molecule has 0 aromatic carbocycles. The monoisotopic (exact) mass is 258 g/mol. The molecule has 17 heavy (non-hydrogen) atoms. The van der Waals surface area contributed by atoms with Gasteiger partial charge < -0.3 is 5.73 Å². The van der Waals surface area contributed by atoms with Crippen LogP contribution in [0.15, 0.2) is 0 Å². The lowest BCUT2D eigenvalue weighted by Gasteiger charge is -2.49. The molecule has 0 heterocycles. The van der Waals surface area contributed by atoms with E-state index in [-0.39, 0.29) is 5.54 Å². The first-order valence-electron chi connectivity index (χ1n) is 7.01. The molecule has 2 nitrogen and oxygen atoms in total. The summed E-state index contributed by atoms with van der Waals surface area (Å²) in [4.78, 5) is 2.61. The summed E-state index contributed by atoms with van der Waals surface area (Å²) in [7, 11) is 2.30. The van der Waals surface area contributed by atoms with E-state index in [0.717, 1.165) is 12.5 Å². The molecule has 3 unspecified atom stereocenters. The molecule has 0 aliphatic heterocycles. The van der Waals surface area contributed by atoms with Crippen molar-refractivity contribution < 1.29 is 0 Å². The third-order valence-electron chi connectivity index (χ3n) is 4.57. The Morgan fingerprint density at radius 1 is 1.53 bits per heavy atom. The van der Waals surface area contributed by atoms with Crippen LogP contribution in [-0.2, 0) is 0 Å². The fraction of sp³-hybridized carbons (Fsp3) is 1.00. The Bertz CT molecular complexity index is 222. The fourth-order valence-corrected chi connectivity index (χ4v) is 4.21. The van der Waals surface area contributed by atoms with Gasteiger partial charge in [0, 0.05) is 23.9 Å². The van der Waals surface area contributed by atoms with Crippen LogP contribution >= 0.6 is 11.8 Å². The highest BCUT2D eigenvalue weighted by atomic mass is 32.2. The van der Waals surface area contributed by atoms with E-state index in [0.29, 0.717) is 6.04 Å². The molecule has 0 amide bonds. The molecular formula is C14H30N2S. The standard InChI is InChI=1S/C14H30N2S/c1-5-13(10-17-4)16(3)14(11-15)8-6-7-12(2)9-14/h12-13H,5-11,15H2,1-4H3. The molecule has 1 rings (SSSR count). The number of rotatable bonds is 6. The summed E-state index contributed by atoms with van der Waals surface area (Å²) >= 11 is 1.95. The van der Waals surface area contributed by atoms with Gasteiger partial charge in [-0.25, -0.2) is 0 Å². The maximum atomic E-state index is 6.14. The maximum Gasteiger partial charge on any atom is 0.0334 e. The Hall–Kier alpha value is 0.270.